The number of hydrogen-bond acceptors (Lipinski definition) is 2. The van der Waals surface area contributed by atoms with Crippen molar-refractivity contribution in [2.75, 3.05) is 20.1 Å². The van der Waals surface area contributed by atoms with Crippen molar-refractivity contribution in [3.05, 3.63) is 33.3 Å². The first-order valence-corrected chi connectivity index (χ1v) is 7.80. The van der Waals surface area contributed by atoms with E-state index >= 15 is 0 Å². The summed E-state index contributed by atoms with van der Waals surface area (Å²) in [5.41, 5.74) is 6.70. The van der Waals surface area contributed by atoms with Crippen LogP contribution in [0.3, 0.4) is 0 Å². The predicted molar refractivity (Wildman–Crippen MR) is 95.2 cm³/mol. The number of nitrogens with zero attached hydrogens (tertiary/aromatic N) is 1. The van der Waals surface area contributed by atoms with Crippen LogP contribution in [0.2, 0.25) is 5.02 Å². The van der Waals surface area contributed by atoms with E-state index in [1.165, 1.54) is 0 Å². The smallest absolute Gasteiger partial charge is 0.222 e. The van der Waals surface area contributed by atoms with E-state index < -0.39 is 0 Å². The molecule has 0 bridgehead atoms. The van der Waals surface area contributed by atoms with Crippen LogP contribution in [0.25, 0.3) is 0 Å². The van der Waals surface area contributed by atoms with Crippen molar-refractivity contribution in [1.29, 1.82) is 0 Å². The van der Waals surface area contributed by atoms with Crippen molar-refractivity contribution in [2.45, 2.75) is 26.7 Å². The molecule has 2 N–H and O–H groups in total. The third kappa shape index (κ3) is 7.00. The quantitative estimate of drug-likeness (QED) is 0.790. The zero-order valence-corrected chi connectivity index (χ0v) is 15.8. The average molecular weight is 398 g/mol. The summed E-state index contributed by atoms with van der Waals surface area (Å²) in [5, 5.41) is 0.688. The Hall–Kier alpha value is -0.290. The van der Waals surface area contributed by atoms with E-state index in [0.717, 1.165) is 10.0 Å². The summed E-state index contributed by atoms with van der Waals surface area (Å²) in [6, 6.07) is 5.62. The van der Waals surface area contributed by atoms with Crippen molar-refractivity contribution >= 4 is 45.8 Å². The molecule has 0 aliphatic carbocycles. The fourth-order valence-corrected chi connectivity index (χ4v) is 2.60. The monoisotopic (exact) mass is 396 g/mol. The molecule has 0 aromatic heterocycles. The second kappa shape index (κ2) is 8.99. The van der Waals surface area contributed by atoms with Gasteiger partial charge in [0.2, 0.25) is 5.91 Å². The van der Waals surface area contributed by atoms with Gasteiger partial charge in [-0.1, -0.05) is 41.4 Å². The van der Waals surface area contributed by atoms with Crippen LogP contribution in [0.15, 0.2) is 22.7 Å². The Kier molecular flexibility index (Phi) is 8.86. The largest absolute Gasteiger partial charge is 0.345 e. The lowest BCUT2D eigenvalue weighted by atomic mass is 9.93. The molecule has 0 saturated heterocycles. The Balaban J connectivity index is 0.00000400. The number of aryl methyl sites for hydroxylation is 1. The first kappa shape index (κ1) is 20.7. The SMILES string of the molecule is CN(CC(C)(C)CN)C(=O)CCc1cc(Cl)ccc1Br.Cl. The second-order valence-electron chi connectivity index (χ2n) is 5.85. The van der Waals surface area contributed by atoms with Crippen LogP contribution < -0.4 is 5.73 Å². The van der Waals surface area contributed by atoms with E-state index in [-0.39, 0.29) is 23.7 Å². The van der Waals surface area contributed by atoms with Gasteiger partial charge in [0.15, 0.2) is 0 Å². The zero-order valence-electron chi connectivity index (χ0n) is 12.7. The van der Waals surface area contributed by atoms with Crippen LogP contribution in [-0.2, 0) is 11.2 Å². The summed E-state index contributed by atoms with van der Waals surface area (Å²) >= 11 is 9.45. The first-order chi connectivity index (χ1) is 9.25. The highest BCUT2D eigenvalue weighted by Gasteiger charge is 2.21. The third-order valence-electron chi connectivity index (χ3n) is 3.26. The lowest BCUT2D eigenvalue weighted by Crippen LogP contribution is -2.39. The van der Waals surface area contributed by atoms with Gasteiger partial charge in [-0.15, -0.1) is 12.4 Å². The summed E-state index contributed by atoms with van der Waals surface area (Å²) in [5.74, 6) is 0.124. The molecule has 1 rings (SSSR count). The summed E-state index contributed by atoms with van der Waals surface area (Å²) in [6.07, 6.45) is 1.14. The van der Waals surface area contributed by atoms with Gasteiger partial charge in [0.05, 0.1) is 0 Å². The topological polar surface area (TPSA) is 46.3 Å². The van der Waals surface area contributed by atoms with E-state index in [4.69, 9.17) is 17.3 Å². The molecule has 3 nitrogen and oxygen atoms in total. The van der Waals surface area contributed by atoms with Gasteiger partial charge < -0.3 is 10.6 Å². The predicted octanol–water partition coefficient (Wildman–Crippen LogP) is 3.90. The molecule has 0 unspecified atom stereocenters. The molecule has 0 saturated carbocycles. The summed E-state index contributed by atoms with van der Waals surface area (Å²) in [7, 11) is 1.83. The fourth-order valence-electron chi connectivity index (χ4n) is 1.96. The van der Waals surface area contributed by atoms with Crippen LogP contribution in [0.4, 0.5) is 0 Å². The molecule has 0 radical (unpaired) electrons. The molecule has 0 aliphatic heterocycles. The molecule has 1 aromatic carbocycles. The standard InChI is InChI=1S/C15H22BrClN2O.ClH/c1-15(2,9-18)10-19(3)14(20)7-4-11-8-12(17)5-6-13(11)16;/h5-6,8H,4,7,9-10,18H2,1-3H3;1H. The average Bonchev–Trinajstić information content (AvgIpc) is 2.39. The van der Waals surface area contributed by atoms with Gasteiger partial charge in [-0.3, -0.25) is 4.79 Å². The number of amides is 1. The number of benzene rings is 1. The molecular weight excluding hydrogens is 375 g/mol. The highest BCUT2D eigenvalue weighted by Crippen LogP contribution is 2.23. The van der Waals surface area contributed by atoms with Crippen LogP contribution in [0.5, 0.6) is 0 Å². The minimum Gasteiger partial charge on any atom is -0.345 e. The maximum absolute atomic E-state index is 12.1. The minimum atomic E-state index is -0.0545. The van der Waals surface area contributed by atoms with E-state index in [1.54, 1.807) is 4.90 Å². The third-order valence-corrected chi connectivity index (χ3v) is 4.27. The fraction of sp³-hybridized carbons (Fsp3) is 0.533. The minimum absolute atomic E-state index is 0. The molecule has 0 aliphatic rings. The Morgan fingerprint density at radius 2 is 2.05 bits per heavy atom. The number of carbonyl (C=O) groups is 1. The Morgan fingerprint density at radius 1 is 1.43 bits per heavy atom. The van der Waals surface area contributed by atoms with Gasteiger partial charge >= 0.3 is 0 Å². The van der Waals surface area contributed by atoms with Gasteiger partial charge in [-0.25, -0.2) is 0 Å². The zero-order chi connectivity index (χ0) is 15.3. The molecule has 0 atom stereocenters. The molecule has 0 fully saturated rings. The van der Waals surface area contributed by atoms with Crippen molar-refractivity contribution in [3.63, 3.8) is 0 Å². The Labute approximate surface area is 146 Å². The molecule has 120 valence electrons. The highest BCUT2D eigenvalue weighted by atomic mass is 79.9. The lowest BCUT2D eigenvalue weighted by molar-refractivity contribution is -0.131. The van der Waals surface area contributed by atoms with E-state index in [0.29, 0.717) is 31.0 Å². The number of hydrogen-bond donors (Lipinski definition) is 1. The summed E-state index contributed by atoms with van der Waals surface area (Å²) in [4.78, 5) is 13.9. The molecule has 6 heteroatoms. The van der Waals surface area contributed by atoms with Gasteiger partial charge in [0.1, 0.15) is 0 Å². The molecular formula is C15H23BrCl2N2O. The Morgan fingerprint density at radius 3 is 2.62 bits per heavy atom. The van der Waals surface area contributed by atoms with Gasteiger partial charge in [-0.05, 0) is 42.1 Å². The van der Waals surface area contributed by atoms with Crippen LogP contribution in [0.1, 0.15) is 25.8 Å². The van der Waals surface area contributed by atoms with Crippen molar-refractivity contribution in [2.24, 2.45) is 11.1 Å². The number of nitrogens with two attached hydrogens (primary N) is 1. The van der Waals surface area contributed by atoms with E-state index in [9.17, 15) is 4.79 Å². The van der Waals surface area contributed by atoms with Gasteiger partial charge in [0.25, 0.3) is 0 Å². The van der Waals surface area contributed by atoms with Gasteiger partial charge in [-0.2, -0.15) is 0 Å². The summed E-state index contributed by atoms with van der Waals surface area (Å²) in [6.45, 7) is 5.35. The van der Waals surface area contributed by atoms with Crippen molar-refractivity contribution < 1.29 is 4.79 Å². The maximum atomic E-state index is 12.1. The molecule has 1 amide bonds. The van der Waals surface area contributed by atoms with Crippen molar-refractivity contribution in [3.8, 4) is 0 Å². The normalized spacial score (nSPS) is 11.0. The molecule has 1 aromatic rings. The van der Waals surface area contributed by atoms with Crippen LogP contribution in [-0.4, -0.2) is 30.9 Å². The number of rotatable bonds is 6. The molecule has 0 heterocycles. The van der Waals surface area contributed by atoms with Crippen molar-refractivity contribution in [1.82, 2.24) is 4.90 Å². The maximum Gasteiger partial charge on any atom is 0.222 e. The van der Waals surface area contributed by atoms with Crippen LogP contribution >= 0.6 is 39.9 Å². The second-order valence-corrected chi connectivity index (χ2v) is 7.14. The summed E-state index contributed by atoms with van der Waals surface area (Å²) < 4.78 is 0.986. The van der Waals surface area contributed by atoms with Gasteiger partial charge in [0, 0.05) is 29.5 Å². The lowest BCUT2D eigenvalue weighted by Gasteiger charge is -2.29. The molecule has 21 heavy (non-hydrogen) atoms. The first-order valence-electron chi connectivity index (χ1n) is 6.63. The van der Waals surface area contributed by atoms with Crippen LogP contribution in [0, 0.1) is 5.41 Å². The van der Waals surface area contributed by atoms with E-state index in [2.05, 4.69) is 29.8 Å². The number of carbonyl (C=O) groups excluding carboxylic acids is 1. The Bertz CT molecular complexity index is 481. The highest BCUT2D eigenvalue weighted by molar-refractivity contribution is 9.10. The van der Waals surface area contributed by atoms with E-state index in [1.807, 2.05) is 25.2 Å². The molecule has 0 spiro atoms. The number of halogens is 3.